The highest BCUT2D eigenvalue weighted by Crippen LogP contribution is 2.11. The molecule has 0 aliphatic heterocycles. The molecule has 1 aromatic heterocycles. The zero-order valence-electron chi connectivity index (χ0n) is 11.3. The first-order chi connectivity index (χ1) is 9.13. The molecule has 0 saturated carbocycles. The quantitative estimate of drug-likeness (QED) is 0.883. The molecule has 1 N–H and O–H groups in total. The fraction of sp³-hybridized carbons (Fsp3) is 0.429. The van der Waals surface area contributed by atoms with Crippen LogP contribution < -0.4 is 5.32 Å². The minimum Gasteiger partial charge on any atom is -0.311 e. The van der Waals surface area contributed by atoms with Gasteiger partial charge in [-0.1, -0.05) is 42.8 Å². The van der Waals surface area contributed by atoms with E-state index in [2.05, 4.69) is 29.5 Å². The van der Waals surface area contributed by atoms with Gasteiger partial charge in [-0.05, 0) is 30.2 Å². The summed E-state index contributed by atoms with van der Waals surface area (Å²) in [7, 11) is 0. The van der Waals surface area contributed by atoms with Crippen molar-refractivity contribution in [2.24, 2.45) is 5.92 Å². The minimum atomic E-state index is 0.640. The van der Waals surface area contributed by atoms with Gasteiger partial charge in [-0.15, -0.1) is 5.10 Å². The molecular weight excluding hydrogens is 260 g/mol. The predicted molar refractivity (Wildman–Crippen MR) is 77.1 cm³/mol. The Morgan fingerprint density at radius 3 is 2.95 bits per heavy atom. The van der Waals surface area contributed by atoms with E-state index in [1.54, 1.807) is 0 Å². The van der Waals surface area contributed by atoms with Gasteiger partial charge in [-0.25, -0.2) is 4.68 Å². The van der Waals surface area contributed by atoms with Gasteiger partial charge in [0, 0.05) is 11.6 Å². The van der Waals surface area contributed by atoms with Crippen molar-refractivity contribution in [3.8, 4) is 0 Å². The summed E-state index contributed by atoms with van der Waals surface area (Å²) in [6.07, 6.45) is 1.97. The third kappa shape index (κ3) is 4.65. The number of hydrogen-bond acceptors (Lipinski definition) is 3. The van der Waals surface area contributed by atoms with E-state index in [-0.39, 0.29) is 0 Å². The summed E-state index contributed by atoms with van der Waals surface area (Å²) in [6, 6.07) is 7.79. The molecule has 0 aliphatic carbocycles. The van der Waals surface area contributed by atoms with Gasteiger partial charge < -0.3 is 5.32 Å². The lowest BCUT2D eigenvalue weighted by Crippen LogP contribution is -2.19. The molecule has 0 unspecified atom stereocenters. The Hall–Kier alpha value is -1.39. The monoisotopic (exact) mass is 278 g/mol. The normalized spacial score (nSPS) is 11.2. The topological polar surface area (TPSA) is 42.7 Å². The lowest BCUT2D eigenvalue weighted by atomic mass is 10.2. The molecule has 4 nitrogen and oxygen atoms in total. The molecule has 0 radical (unpaired) electrons. The standard InChI is InChI=1S/C14H19ClN4/c1-11(2)7-16-8-14-10-19(18-17-14)9-12-4-3-5-13(15)6-12/h3-6,10-11,16H,7-9H2,1-2H3. The Balaban J connectivity index is 1.90. The second-order valence-electron chi connectivity index (χ2n) is 5.06. The molecule has 0 atom stereocenters. The van der Waals surface area contributed by atoms with Crippen LogP contribution in [0.1, 0.15) is 25.1 Å². The average molecular weight is 279 g/mol. The van der Waals surface area contributed by atoms with Crippen molar-refractivity contribution < 1.29 is 0 Å². The summed E-state index contributed by atoms with van der Waals surface area (Å²) in [5.74, 6) is 0.640. The van der Waals surface area contributed by atoms with E-state index >= 15 is 0 Å². The number of nitrogens with one attached hydrogen (secondary N) is 1. The Kier molecular flexibility index (Phi) is 4.93. The van der Waals surface area contributed by atoms with Crippen LogP contribution >= 0.6 is 11.6 Å². The zero-order valence-corrected chi connectivity index (χ0v) is 12.1. The van der Waals surface area contributed by atoms with Gasteiger partial charge in [-0.2, -0.15) is 0 Å². The van der Waals surface area contributed by atoms with Crippen LogP contribution in [0.25, 0.3) is 0 Å². The van der Waals surface area contributed by atoms with Gasteiger partial charge in [0.15, 0.2) is 0 Å². The summed E-state index contributed by atoms with van der Waals surface area (Å²) in [4.78, 5) is 0. The molecule has 19 heavy (non-hydrogen) atoms. The summed E-state index contributed by atoms with van der Waals surface area (Å²) in [6.45, 7) is 6.80. The number of hydrogen-bond donors (Lipinski definition) is 1. The van der Waals surface area contributed by atoms with Gasteiger partial charge in [0.1, 0.15) is 0 Å². The van der Waals surface area contributed by atoms with Crippen molar-refractivity contribution >= 4 is 11.6 Å². The lowest BCUT2D eigenvalue weighted by molar-refractivity contribution is 0.548. The van der Waals surface area contributed by atoms with Crippen LogP contribution in [0, 0.1) is 5.92 Å². The highest BCUT2D eigenvalue weighted by molar-refractivity contribution is 6.30. The SMILES string of the molecule is CC(C)CNCc1cn(Cc2cccc(Cl)c2)nn1. The van der Waals surface area contributed by atoms with Crippen molar-refractivity contribution in [2.45, 2.75) is 26.9 Å². The van der Waals surface area contributed by atoms with E-state index in [0.29, 0.717) is 12.5 Å². The van der Waals surface area contributed by atoms with Crippen molar-refractivity contribution in [2.75, 3.05) is 6.54 Å². The van der Waals surface area contributed by atoms with Gasteiger partial charge >= 0.3 is 0 Å². The predicted octanol–water partition coefficient (Wildman–Crippen LogP) is 2.73. The fourth-order valence-electron chi connectivity index (χ4n) is 1.81. The van der Waals surface area contributed by atoms with E-state index in [1.165, 1.54) is 0 Å². The van der Waals surface area contributed by atoms with Crippen molar-refractivity contribution in [1.82, 2.24) is 20.3 Å². The van der Waals surface area contributed by atoms with Crippen LogP contribution in [0.15, 0.2) is 30.5 Å². The maximum absolute atomic E-state index is 5.96. The Bertz CT molecular complexity index is 522. The van der Waals surface area contributed by atoms with Gasteiger partial charge in [0.2, 0.25) is 0 Å². The van der Waals surface area contributed by atoms with Gasteiger partial charge in [-0.3, -0.25) is 0 Å². The molecule has 0 spiro atoms. The highest BCUT2D eigenvalue weighted by atomic mass is 35.5. The maximum Gasteiger partial charge on any atom is 0.0964 e. The van der Waals surface area contributed by atoms with E-state index < -0.39 is 0 Å². The number of halogens is 1. The van der Waals surface area contributed by atoms with Crippen LogP contribution in [-0.4, -0.2) is 21.5 Å². The zero-order chi connectivity index (χ0) is 13.7. The molecule has 2 aromatic rings. The Morgan fingerprint density at radius 1 is 1.37 bits per heavy atom. The van der Waals surface area contributed by atoms with Crippen molar-refractivity contribution in [1.29, 1.82) is 0 Å². The molecule has 0 fully saturated rings. The average Bonchev–Trinajstić information content (AvgIpc) is 2.76. The first-order valence-corrected chi connectivity index (χ1v) is 6.85. The van der Waals surface area contributed by atoms with E-state index in [1.807, 2.05) is 35.1 Å². The largest absolute Gasteiger partial charge is 0.311 e. The number of rotatable bonds is 6. The smallest absolute Gasteiger partial charge is 0.0964 e. The molecule has 0 aliphatic rings. The van der Waals surface area contributed by atoms with E-state index in [9.17, 15) is 0 Å². The van der Waals surface area contributed by atoms with E-state index in [4.69, 9.17) is 11.6 Å². The van der Waals surface area contributed by atoms with Crippen molar-refractivity contribution in [3.05, 3.63) is 46.7 Å². The number of benzene rings is 1. The minimum absolute atomic E-state index is 0.640. The second kappa shape index (κ2) is 6.68. The number of aromatic nitrogens is 3. The highest BCUT2D eigenvalue weighted by Gasteiger charge is 2.02. The molecule has 0 bridgehead atoms. The molecule has 0 saturated heterocycles. The maximum atomic E-state index is 5.96. The fourth-order valence-corrected chi connectivity index (χ4v) is 2.02. The Morgan fingerprint density at radius 2 is 2.21 bits per heavy atom. The molecular formula is C14H19ClN4. The molecule has 0 amide bonds. The summed E-state index contributed by atoms with van der Waals surface area (Å²) in [5.41, 5.74) is 2.08. The van der Waals surface area contributed by atoms with Crippen LogP contribution in [0.3, 0.4) is 0 Å². The summed E-state index contributed by atoms with van der Waals surface area (Å²) < 4.78 is 1.83. The molecule has 1 aromatic carbocycles. The first-order valence-electron chi connectivity index (χ1n) is 6.47. The van der Waals surface area contributed by atoms with E-state index in [0.717, 1.165) is 29.4 Å². The van der Waals surface area contributed by atoms with Crippen LogP contribution in [0.5, 0.6) is 0 Å². The Labute approximate surface area is 118 Å². The molecule has 102 valence electrons. The molecule has 2 rings (SSSR count). The van der Waals surface area contributed by atoms with Crippen LogP contribution in [0.4, 0.5) is 0 Å². The van der Waals surface area contributed by atoms with Crippen molar-refractivity contribution in [3.63, 3.8) is 0 Å². The second-order valence-corrected chi connectivity index (χ2v) is 5.50. The van der Waals surface area contributed by atoms with Crippen LogP contribution in [0.2, 0.25) is 5.02 Å². The third-order valence-corrected chi connectivity index (χ3v) is 2.91. The number of nitrogens with zero attached hydrogens (tertiary/aromatic N) is 3. The summed E-state index contributed by atoms with van der Waals surface area (Å²) in [5, 5.41) is 12.4. The summed E-state index contributed by atoms with van der Waals surface area (Å²) >= 11 is 5.96. The van der Waals surface area contributed by atoms with Gasteiger partial charge in [0.05, 0.1) is 18.4 Å². The third-order valence-electron chi connectivity index (χ3n) is 2.68. The van der Waals surface area contributed by atoms with Crippen LogP contribution in [-0.2, 0) is 13.1 Å². The molecule has 1 heterocycles. The lowest BCUT2D eigenvalue weighted by Gasteiger charge is -2.04. The van der Waals surface area contributed by atoms with Gasteiger partial charge in [0.25, 0.3) is 0 Å². The molecule has 5 heteroatoms. The first kappa shape index (κ1) is 14.0.